The summed E-state index contributed by atoms with van der Waals surface area (Å²) in [4.78, 5) is 0. The summed E-state index contributed by atoms with van der Waals surface area (Å²) in [5.41, 5.74) is -0.258. The number of fused-ring (bicyclic) bond motifs is 3. The quantitative estimate of drug-likeness (QED) is 0.145. The third-order valence-corrected chi connectivity index (χ3v) is 12.6. The summed E-state index contributed by atoms with van der Waals surface area (Å²) in [5.74, 6) is -0.109. The average molecular weight is 659 g/mol. The van der Waals surface area contributed by atoms with Crippen LogP contribution in [0.2, 0.25) is 0 Å². The van der Waals surface area contributed by atoms with Crippen molar-refractivity contribution in [2.45, 2.75) is 133 Å². The minimum atomic E-state index is -1.71. The molecule has 17 unspecified atom stereocenters. The number of aliphatic hydroxyl groups is 9. The molecule has 13 heteroatoms. The molecular formula is C33H54O13. The Morgan fingerprint density at radius 2 is 1.41 bits per heavy atom. The van der Waals surface area contributed by atoms with Gasteiger partial charge in [0.2, 0.25) is 0 Å². The van der Waals surface area contributed by atoms with Crippen LogP contribution < -0.4 is 0 Å². The molecule has 13 nitrogen and oxygen atoms in total. The maximum Gasteiger partial charge on any atom is 0.186 e. The number of rotatable bonds is 8. The molecule has 2 saturated heterocycles. The Bertz CT molecular complexity index is 1130. The van der Waals surface area contributed by atoms with Gasteiger partial charge in [-0.15, -0.1) is 6.58 Å². The highest BCUT2D eigenvalue weighted by Crippen LogP contribution is 2.69. The van der Waals surface area contributed by atoms with Gasteiger partial charge in [-0.3, -0.25) is 0 Å². The summed E-state index contributed by atoms with van der Waals surface area (Å²) < 4.78 is 22.8. The number of allylic oxidation sites excluding steroid dienone is 3. The molecule has 264 valence electrons. The Morgan fingerprint density at radius 1 is 0.826 bits per heavy atom. The van der Waals surface area contributed by atoms with Gasteiger partial charge in [-0.1, -0.05) is 45.4 Å². The van der Waals surface area contributed by atoms with Gasteiger partial charge in [0.05, 0.1) is 32.0 Å². The van der Waals surface area contributed by atoms with Crippen molar-refractivity contribution in [1.82, 2.24) is 0 Å². The topological polar surface area (TPSA) is 219 Å². The Kier molecular flexibility index (Phi) is 10.3. The van der Waals surface area contributed by atoms with Crippen molar-refractivity contribution in [2.24, 2.45) is 27.6 Å². The van der Waals surface area contributed by atoms with Crippen LogP contribution in [0.15, 0.2) is 24.3 Å². The van der Waals surface area contributed by atoms with Crippen molar-refractivity contribution in [1.29, 1.82) is 0 Å². The van der Waals surface area contributed by atoms with Crippen molar-refractivity contribution in [2.75, 3.05) is 19.8 Å². The molecule has 0 aromatic carbocycles. The number of hydrogen-bond acceptors (Lipinski definition) is 13. The first kappa shape index (κ1) is 36.2. The average Bonchev–Trinajstić information content (AvgIpc) is 3.02. The Hall–Kier alpha value is -1.04. The summed E-state index contributed by atoms with van der Waals surface area (Å²) in [6, 6.07) is 0. The molecule has 2 saturated carbocycles. The lowest BCUT2D eigenvalue weighted by molar-refractivity contribution is -0.337. The molecule has 5 aliphatic rings. The molecular weight excluding hydrogens is 604 g/mol. The van der Waals surface area contributed by atoms with E-state index in [1.807, 2.05) is 13.0 Å². The van der Waals surface area contributed by atoms with Crippen molar-refractivity contribution in [3.63, 3.8) is 0 Å². The number of ether oxygens (including phenoxy) is 4. The first-order valence-corrected chi connectivity index (χ1v) is 16.4. The predicted octanol–water partition coefficient (Wildman–Crippen LogP) is -0.906. The first-order chi connectivity index (χ1) is 21.5. The Morgan fingerprint density at radius 3 is 2.02 bits per heavy atom. The van der Waals surface area contributed by atoms with Gasteiger partial charge in [-0.2, -0.15) is 0 Å². The molecule has 17 atom stereocenters. The van der Waals surface area contributed by atoms with Gasteiger partial charge in [-0.25, -0.2) is 0 Å². The van der Waals surface area contributed by atoms with Crippen LogP contribution in [0.4, 0.5) is 0 Å². The molecule has 2 aliphatic heterocycles. The normalized spacial score (nSPS) is 54.4. The van der Waals surface area contributed by atoms with Crippen LogP contribution in [0, 0.1) is 27.6 Å². The van der Waals surface area contributed by atoms with Gasteiger partial charge in [0.1, 0.15) is 48.8 Å². The van der Waals surface area contributed by atoms with Crippen LogP contribution in [0.1, 0.15) is 59.8 Å². The monoisotopic (exact) mass is 658 g/mol. The molecule has 46 heavy (non-hydrogen) atoms. The Balaban J connectivity index is 1.31. The highest BCUT2D eigenvalue weighted by Gasteiger charge is 2.65. The van der Waals surface area contributed by atoms with Crippen molar-refractivity contribution in [3.05, 3.63) is 24.3 Å². The zero-order valence-corrected chi connectivity index (χ0v) is 27.2. The van der Waals surface area contributed by atoms with E-state index in [0.717, 1.165) is 19.3 Å². The minimum absolute atomic E-state index is 0.00331. The number of aliphatic hydroxyl groups excluding tert-OH is 9. The van der Waals surface area contributed by atoms with Crippen molar-refractivity contribution < 1.29 is 64.9 Å². The molecule has 5 rings (SSSR count). The fourth-order valence-electron chi connectivity index (χ4n) is 9.03. The summed E-state index contributed by atoms with van der Waals surface area (Å²) >= 11 is 0. The molecule has 0 aromatic rings. The third kappa shape index (κ3) is 5.82. The first-order valence-electron chi connectivity index (χ1n) is 16.4. The fraction of sp³-hybridized carbons (Fsp3) is 0.879. The molecule has 4 fully saturated rings. The van der Waals surface area contributed by atoms with E-state index in [0.29, 0.717) is 12.8 Å². The van der Waals surface area contributed by atoms with Gasteiger partial charge in [0.15, 0.2) is 12.6 Å². The van der Waals surface area contributed by atoms with Crippen LogP contribution in [0.5, 0.6) is 0 Å². The number of hydrogen-bond donors (Lipinski definition) is 9. The van der Waals surface area contributed by atoms with E-state index < -0.39 is 92.2 Å². The minimum Gasteiger partial charge on any atom is -0.394 e. The lowest BCUT2D eigenvalue weighted by Crippen LogP contribution is -2.66. The summed E-state index contributed by atoms with van der Waals surface area (Å²) in [5, 5.41) is 94.7. The summed E-state index contributed by atoms with van der Waals surface area (Å²) in [7, 11) is 0. The third-order valence-electron chi connectivity index (χ3n) is 12.6. The predicted molar refractivity (Wildman–Crippen MR) is 162 cm³/mol. The fourth-order valence-corrected chi connectivity index (χ4v) is 9.03. The van der Waals surface area contributed by atoms with Crippen LogP contribution >= 0.6 is 0 Å². The lowest BCUT2D eigenvalue weighted by Gasteiger charge is -2.66. The molecule has 0 amide bonds. The zero-order chi connectivity index (χ0) is 34.0. The molecule has 0 spiro atoms. The highest BCUT2D eigenvalue weighted by molar-refractivity contribution is 5.31. The molecule has 2 heterocycles. The lowest BCUT2D eigenvalue weighted by atomic mass is 9.39. The second kappa shape index (κ2) is 13.0. The smallest absolute Gasteiger partial charge is 0.186 e. The van der Waals surface area contributed by atoms with Crippen LogP contribution in [0.25, 0.3) is 0 Å². The van der Waals surface area contributed by atoms with E-state index in [1.54, 1.807) is 0 Å². The van der Waals surface area contributed by atoms with Crippen LogP contribution in [0.3, 0.4) is 0 Å². The summed E-state index contributed by atoms with van der Waals surface area (Å²) in [6.45, 7) is 11.3. The van der Waals surface area contributed by atoms with Gasteiger partial charge in [0.25, 0.3) is 0 Å². The molecule has 0 aromatic heterocycles. The van der Waals surface area contributed by atoms with Gasteiger partial charge < -0.3 is 64.9 Å². The molecule has 0 bridgehead atoms. The van der Waals surface area contributed by atoms with Crippen LogP contribution in [-0.2, 0) is 18.9 Å². The van der Waals surface area contributed by atoms with Crippen molar-refractivity contribution in [3.8, 4) is 0 Å². The van der Waals surface area contributed by atoms with E-state index in [1.165, 1.54) is 5.57 Å². The van der Waals surface area contributed by atoms with Gasteiger partial charge in [0, 0.05) is 5.41 Å². The van der Waals surface area contributed by atoms with Gasteiger partial charge in [-0.05, 0) is 54.3 Å². The summed E-state index contributed by atoms with van der Waals surface area (Å²) in [6.07, 6.45) is -9.44. The standard InChI is InChI=1S/C33H54O13/c1-6-30(2)9-10-32(4)16(11-30)7-8-20-31(3,27(42)17(35)12-33(20,32)5)15-44-29-26(41)24(39)22(37)19(46-29)14-43-28-25(40)23(38)21(36)18(13-34)45-28/h6-7,17-29,34-42H,1,8-15H2,2-5H3. The van der Waals surface area contributed by atoms with E-state index >= 15 is 0 Å². The largest absolute Gasteiger partial charge is 0.394 e. The van der Waals surface area contributed by atoms with E-state index in [2.05, 4.69) is 33.4 Å². The molecule has 0 radical (unpaired) electrons. The van der Waals surface area contributed by atoms with Gasteiger partial charge >= 0.3 is 0 Å². The molecule has 9 N–H and O–H groups in total. The maximum absolute atomic E-state index is 11.5. The van der Waals surface area contributed by atoms with Crippen molar-refractivity contribution >= 4 is 0 Å². The second-order valence-corrected chi connectivity index (χ2v) is 15.4. The Labute approximate surface area is 270 Å². The SMILES string of the molecule is C=CC1(C)CCC2(C)C(=CCC3C(C)(COC4OC(COC5OC(CO)C(O)C(O)C5O)C(O)C(O)C4O)C(O)C(O)CC32C)C1. The second-order valence-electron chi connectivity index (χ2n) is 15.4. The van der Waals surface area contributed by atoms with E-state index in [9.17, 15) is 46.0 Å². The highest BCUT2D eigenvalue weighted by atomic mass is 16.7. The molecule has 3 aliphatic carbocycles. The van der Waals surface area contributed by atoms with E-state index in [4.69, 9.17) is 18.9 Å². The maximum atomic E-state index is 11.5. The van der Waals surface area contributed by atoms with E-state index in [-0.39, 0.29) is 28.8 Å². The zero-order valence-electron chi connectivity index (χ0n) is 27.2. The van der Waals surface area contributed by atoms with Crippen LogP contribution in [-0.4, -0.2) is 139 Å².